The third-order valence-electron chi connectivity index (χ3n) is 5.13. The van der Waals surface area contributed by atoms with E-state index in [0.717, 1.165) is 5.56 Å². The van der Waals surface area contributed by atoms with Crippen molar-refractivity contribution in [3.63, 3.8) is 0 Å². The van der Waals surface area contributed by atoms with Crippen LogP contribution in [0.15, 0.2) is 48.5 Å². The zero-order valence-electron chi connectivity index (χ0n) is 18.1. The van der Waals surface area contributed by atoms with E-state index in [1.54, 1.807) is 16.7 Å². The number of aromatic nitrogens is 3. The van der Waals surface area contributed by atoms with Gasteiger partial charge in [-0.05, 0) is 50.1 Å². The number of anilines is 1. The predicted octanol–water partition coefficient (Wildman–Crippen LogP) is 3.90. The van der Waals surface area contributed by atoms with Gasteiger partial charge in [-0.15, -0.1) is 0 Å². The van der Waals surface area contributed by atoms with Crippen LogP contribution in [0.2, 0.25) is 0 Å². The molecule has 1 amide bonds. The summed E-state index contributed by atoms with van der Waals surface area (Å²) >= 11 is 0. The number of halogens is 1. The number of nitrogens with zero attached hydrogens (tertiary/aromatic N) is 3. The fourth-order valence-corrected chi connectivity index (χ4v) is 3.55. The first kappa shape index (κ1) is 21.7. The number of ether oxygens (including phenoxy) is 1. The van der Waals surface area contributed by atoms with Crippen LogP contribution in [0.25, 0.3) is 22.2 Å². The van der Waals surface area contributed by atoms with Gasteiger partial charge in [0, 0.05) is 13.2 Å². The number of carbonyl (C=O) groups excluding carboxylic acids is 1. The maximum Gasteiger partial charge on any atom is 0.257 e. The normalized spacial score (nSPS) is 11.5. The number of hydrogen-bond donors (Lipinski definition) is 2. The summed E-state index contributed by atoms with van der Waals surface area (Å²) in [7, 11) is 0. The molecule has 0 fully saturated rings. The number of fused-ring (bicyclic) bond motifs is 2. The molecule has 0 aliphatic carbocycles. The highest BCUT2D eigenvalue weighted by atomic mass is 19.1. The molecule has 2 aromatic heterocycles. The van der Waals surface area contributed by atoms with Crippen molar-refractivity contribution >= 4 is 33.9 Å². The molecule has 0 bridgehead atoms. The van der Waals surface area contributed by atoms with Crippen molar-refractivity contribution < 1.29 is 13.9 Å². The minimum atomic E-state index is -0.314. The smallest absolute Gasteiger partial charge is 0.257 e. The molecule has 3 N–H and O–H groups in total. The van der Waals surface area contributed by atoms with Gasteiger partial charge in [0.2, 0.25) is 0 Å². The molecule has 7 nitrogen and oxygen atoms in total. The molecule has 0 saturated carbocycles. The monoisotopic (exact) mass is 435 g/mol. The summed E-state index contributed by atoms with van der Waals surface area (Å²) in [4.78, 5) is 22.5. The Morgan fingerprint density at radius 1 is 1.12 bits per heavy atom. The van der Waals surface area contributed by atoms with Gasteiger partial charge in [0.05, 0.1) is 23.7 Å². The Labute approximate surface area is 185 Å². The van der Waals surface area contributed by atoms with E-state index in [0.29, 0.717) is 53.9 Å². The summed E-state index contributed by atoms with van der Waals surface area (Å²) in [6.45, 7) is 5.29. The maximum absolute atomic E-state index is 13.3. The van der Waals surface area contributed by atoms with Gasteiger partial charge in [-0.3, -0.25) is 4.79 Å². The van der Waals surface area contributed by atoms with E-state index in [4.69, 9.17) is 20.4 Å². The molecule has 0 spiro atoms. The van der Waals surface area contributed by atoms with Crippen molar-refractivity contribution in [3.8, 4) is 0 Å². The Morgan fingerprint density at radius 3 is 2.50 bits per heavy atom. The van der Waals surface area contributed by atoms with Crippen molar-refractivity contribution in [2.24, 2.45) is 0 Å². The molecule has 0 atom stereocenters. The number of nitrogens with one attached hydrogen (secondary N) is 1. The van der Waals surface area contributed by atoms with Crippen molar-refractivity contribution in [2.75, 3.05) is 18.9 Å². The van der Waals surface area contributed by atoms with Crippen molar-refractivity contribution in [1.82, 2.24) is 19.9 Å². The number of nitrogen functional groups attached to an aromatic ring is 1. The van der Waals surface area contributed by atoms with Gasteiger partial charge in [0.15, 0.2) is 5.65 Å². The second-order valence-electron chi connectivity index (χ2n) is 7.89. The standard InChI is InChI=1S/C24H26FN5O2/c1-15(2)32-13-5-12-27-24(31)20-21-23(29-19-7-4-3-6-18(19)28-21)30(22(20)26)14-16-8-10-17(25)11-9-16/h3-4,6-11,15H,5,12-14,26H2,1-2H3,(H,27,31). The molecule has 0 radical (unpaired) electrons. The summed E-state index contributed by atoms with van der Waals surface area (Å²) in [6.07, 6.45) is 0.835. The number of nitrogens with two attached hydrogens (primary N) is 1. The third kappa shape index (κ3) is 4.55. The zero-order valence-corrected chi connectivity index (χ0v) is 18.1. The van der Waals surface area contributed by atoms with E-state index in [9.17, 15) is 9.18 Å². The number of hydrogen-bond acceptors (Lipinski definition) is 5. The van der Waals surface area contributed by atoms with Gasteiger partial charge in [0.1, 0.15) is 22.7 Å². The zero-order chi connectivity index (χ0) is 22.7. The van der Waals surface area contributed by atoms with Crippen LogP contribution in [0.4, 0.5) is 10.2 Å². The highest BCUT2D eigenvalue weighted by Gasteiger charge is 2.24. The first-order valence-electron chi connectivity index (χ1n) is 10.6. The lowest BCUT2D eigenvalue weighted by molar-refractivity contribution is 0.0757. The van der Waals surface area contributed by atoms with E-state index in [1.165, 1.54) is 12.1 Å². The van der Waals surface area contributed by atoms with Gasteiger partial charge in [0.25, 0.3) is 5.91 Å². The highest BCUT2D eigenvalue weighted by Crippen LogP contribution is 2.28. The second-order valence-corrected chi connectivity index (χ2v) is 7.89. The number of para-hydroxylation sites is 2. The fraction of sp³-hybridized carbons (Fsp3) is 0.292. The lowest BCUT2D eigenvalue weighted by Gasteiger charge is -2.09. The molecule has 4 aromatic rings. The maximum atomic E-state index is 13.3. The highest BCUT2D eigenvalue weighted by molar-refractivity contribution is 6.10. The minimum absolute atomic E-state index is 0.148. The lowest BCUT2D eigenvalue weighted by Crippen LogP contribution is -2.26. The van der Waals surface area contributed by atoms with Crippen LogP contribution in [0.1, 0.15) is 36.2 Å². The van der Waals surface area contributed by atoms with Crippen LogP contribution in [0.5, 0.6) is 0 Å². The van der Waals surface area contributed by atoms with E-state index in [2.05, 4.69) is 5.32 Å². The largest absolute Gasteiger partial charge is 0.384 e. The van der Waals surface area contributed by atoms with Gasteiger partial charge in [-0.1, -0.05) is 24.3 Å². The number of rotatable bonds is 8. The molecule has 0 unspecified atom stereocenters. The van der Waals surface area contributed by atoms with E-state index >= 15 is 0 Å². The first-order chi connectivity index (χ1) is 15.4. The summed E-state index contributed by atoms with van der Waals surface area (Å²) in [5, 5.41) is 2.91. The topological polar surface area (TPSA) is 95.1 Å². The third-order valence-corrected chi connectivity index (χ3v) is 5.13. The van der Waals surface area contributed by atoms with Crippen molar-refractivity contribution in [2.45, 2.75) is 32.9 Å². The molecule has 0 aliphatic heterocycles. The van der Waals surface area contributed by atoms with Crippen LogP contribution in [0.3, 0.4) is 0 Å². The molecule has 2 heterocycles. The van der Waals surface area contributed by atoms with Crippen LogP contribution < -0.4 is 11.1 Å². The predicted molar refractivity (Wildman–Crippen MR) is 123 cm³/mol. The van der Waals surface area contributed by atoms with Crippen LogP contribution >= 0.6 is 0 Å². The molecule has 0 saturated heterocycles. The Bertz CT molecular complexity index is 1250. The molecule has 166 valence electrons. The van der Waals surface area contributed by atoms with Gasteiger partial charge < -0.3 is 20.4 Å². The Hall–Kier alpha value is -3.52. The molecule has 4 rings (SSSR count). The second kappa shape index (κ2) is 9.32. The quantitative estimate of drug-likeness (QED) is 0.409. The van der Waals surface area contributed by atoms with Crippen molar-refractivity contribution in [1.29, 1.82) is 0 Å². The molecule has 0 aliphatic rings. The van der Waals surface area contributed by atoms with Crippen molar-refractivity contribution in [3.05, 3.63) is 65.5 Å². The Morgan fingerprint density at radius 2 is 1.81 bits per heavy atom. The average Bonchev–Trinajstić information content (AvgIpc) is 3.03. The SMILES string of the molecule is CC(C)OCCCNC(=O)c1c(N)n(Cc2ccc(F)cc2)c2nc3ccccc3nc12. The van der Waals surface area contributed by atoms with E-state index in [1.807, 2.05) is 38.1 Å². The lowest BCUT2D eigenvalue weighted by atomic mass is 10.2. The molecule has 8 heteroatoms. The summed E-state index contributed by atoms with van der Waals surface area (Å²) in [5.74, 6) is -0.346. The molecular formula is C24H26FN5O2. The van der Waals surface area contributed by atoms with Gasteiger partial charge in [-0.25, -0.2) is 14.4 Å². The van der Waals surface area contributed by atoms with E-state index in [-0.39, 0.29) is 23.6 Å². The first-order valence-corrected chi connectivity index (χ1v) is 10.6. The fourth-order valence-electron chi connectivity index (χ4n) is 3.55. The summed E-state index contributed by atoms with van der Waals surface area (Å²) in [5.41, 5.74) is 9.92. The number of carbonyl (C=O) groups is 1. The molecule has 2 aromatic carbocycles. The Kier molecular flexibility index (Phi) is 6.32. The van der Waals surface area contributed by atoms with Gasteiger partial charge in [-0.2, -0.15) is 0 Å². The Balaban J connectivity index is 1.70. The molecule has 32 heavy (non-hydrogen) atoms. The number of benzene rings is 2. The summed E-state index contributed by atoms with van der Waals surface area (Å²) in [6, 6.07) is 13.6. The average molecular weight is 436 g/mol. The van der Waals surface area contributed by atoms with Crippen LogP contribution in [-0.2, 0) is 11.3 Å². The van der Waals surface area contributed by atoms with Crippen LogP contribution in [-0.4, -0.2) is 39.7 Å². The number of amides is 1. The van der Waals surface area contributed by atoms with Gasteiger partial charge >= 0.3 is 0 Å². The molecular weight excluding hydrogens is 409 g/mol. The summed E-state index contributed by atoms with van der Waals surface area (Å²) < 4.78 is 20.6. The van der Waals surface area contributed by atoms with E-state index < -0.39 is 0 Å². The minimum Gasteiger partial charge on any atom is -0.384 e. The van der Waals surface area contributed by atoms with Crippen LogP contribution in [0, 0.1) is 5.82 Å².